The van der Waals surface area contributed by atoms with Gasteiger partial charge in [-0.1, -0.05) is 60.0 Å². The summed E-state index contributed by atoms with van der Waals surface area (Å²) in [4.78, 5) is 0. The molecule has 1 aliphatic heterocycles. The molecule has 4 aliphatic carbocycles. The number of alkyl halides is 1. The molecule has 1 spiro atoms. The molecule has 2 unspecified atom stereocenters. The molecule has 0 N–H and O–H groups in total. The summed E-state index contributed by atoms with van der Waals surface area (Å²) in [5, 5.41) is 1.15. The van der Waals surface area contributed by atoms with E-state index in [0.717, 1.165) is 55.1 Å². The number of rotatable bonds is 2. The highest BCUT2D eigenvalue weighted by molar-refractivity contribution is 9.09. The first-order valence-corrected chi connectivity index (χ1v) is 12.3. The molecule has 0 aromatic heterocycles. The second kappa shape index (κ2) is 6.44. The monoisotopic (exact) mass is 434 g/mol. The Morgan fingerprint density at radius 2 is 1.81 bits per heavy atom. The van der Waals surface area contributed by atoms with Crippen LogP contribution in [0.3, 0.4) is 0 Å². The zero-order valence-electron chi connectivity index (χ0n) is 17.2. The van der Waals surface area contributed by atoms with Gasteiger partial charge in [0.2, 0.25) is 0 Å². The van der Waals surface area contributed by atoms with Gasteiger partial charge in [-0.05, 0) is 66.6 Å². The third-order valence-electron chi connectivity index (χ3n) is 9.39. The van der Waals surface area contributed by atoms with Gasteiger partial charge in [0.15, 0.2) is 5.79 Å². The van der Waals surface area contributed by atoms with Gasteiger partial charge in [0.1, 0.15) is 0 Å². The van der Waals surface area contributed by atoms with Crippen LogP contribution in [0.2, 0.25) is 0 Å². The number of halogens is 1. The fraction of sp³-hybridized carbons (Fsp3) is 0.833. The molecule has 3 saturated carbocycles. The highest BCUT2D eigenvalue weighted by Gasteiger charge is 2.58. The van der Waals surface area contributed by atoms with Crippen LogP contribution in [0.15, 0.2) is 23.3 Å². The predicted molar refractivity (Wildman–Crippen MR) is 113 cm³/mol. The van der Waals surface area contributed by atoms with E-state index in [0.29, 0.717) is 10.8 Å². The third kappa shape index (κ3) is 2.63. The van der Waals surface area contributed by atoms with Crippen LogP contribution in [-0.2, 0) is 9.47 Å². The van der Waals surface area contributed by atoms with E-state index in [1.807, 2.05) is 0 Å². The van der Waals surface area contributed by atoms with Gasteiger partial charge in [-0.3, -0.25) is 0 Å². The summed E-state index contributed by atoms with van der Waals surface area (Å²) in [6.07, 6.45) is 13.9. The number of ether oxygens (including phenoxy) is 2. The van der Waals surface area contributed by atoms with Crippen LogP contribution in [0.25, 0.3) is 0 Å². The Balaban J connectivity index is 1.47. The maximum Gasteiger partial charge on any atom is 0.172 e. The van der Waals surface area contributed by atoms with Gasteiger partial charge in [-0.25, -0.2) is 0 Å². The Hall–Kier alpha value is -0.120. The number of allylic oxidation sites excluding steroid dienone is 3. The van der Waals surface area contributed by atoms with Crippen LogP contribution in [-0.4, -0.2) is 24.3 Å². The minimum Gasteiger partial charge on any atom is -0.347 e. The average molecular weight is 435 g/mol. The Labute approximate surface area is 173 Å². The zero-order valence-corrected chi connectivity index (χ0v) is 18.8. The molecule has 6 atom stereocenters. The highest BCUT2D eigenvalue weighted by Crippen LogP contribution is 2.66. The van der Waals surface area contributed by atoms with Crippen LogP contribution in [0.5, 0.6) is 0 Å². The van der Waals surface area contributed by atoms with Gasteiger partial charge in [0.25, 0.3) is 0 Å². The summed E-state index contributed by atoms with van der Waals surface area (Å²) in [6.45, 7) is 9.15. The number of hydrogen-bond donors (Lipinski definition) is 0. The van der Waals surface area contributed by atoms with E-state index in [4.69, 9.17) is 9.47 Å². The molecule has 5 rings (SSSR count). The van der Waals surface area contributed by atoms with E-state index in [1.54, 1.807) is 11.1 Å². The molecular formula is C24H35BrO2. The minimum absolute atomic E-state index is 0.302. The lowest BCUT2D eigenvalue weighted by Crippen LogP contribution is -2.49. The molecule has 4 fully saturated rings. The molecule has 1 saturated heterocycles. The van der Waals surface area contributed by atoms with Gasteiger partial charge in [0, 0.05) is 18.2 Å². The second-order valence-electron chi connectivity index (χ2n) is 10.5. The van der Waals surface area contributed by atoms with Gasteiger partial charge in [-0.2, -0.15) is 0 Å². The molecule has 0 radical (unpaired) electrons. The summed E-state index contributed by atoms with van der Waals surface area (Å²) in [5.74, 6) is 2.90. The first-order chi connectivity index (χ1) is 12.9. The standard InChI is InChI=1S/C24H35BrO2/c1-16(15-25)19-6-7-20-18-5-4-17-14-24(26-12-13-27-24)11-10-22(17,2)21(18)8-9-23(19,20)3/h4-5,16,19-21H,6-15H2,1-3H3/t16-,19-,20?,21?,22-,23-/m1/s1. The summed E-state index contributed by atoms with van der Waals surface area (Å²) in [7, 11) is 0. The van der Waals surface area contributed by atoms with Crippen molar-refractivity contribution in [1.82, 2.24) is 0 Å². The van der Waals surface area contributed by atoms with Gasteiger partial charge in [-0.15, -0.1) is 0 Å². The molecule has 0 aromatic rings. The minimum atomic E-state index is -0.302. The van der Waals surface area contributed by atoms with E-state index in [2.05, 4.69) is 48.9 Å². The summed E-state index contributed by atoms with van der Waals surface area (Å²) < 4.78 is 12.1. The van der Waals surface area contributed by atoms with E-state index in [9.17, 15) is 0 Å². The van der Waals surface area contributed by atoms with Crippen molar-refractivity contribution >= 4 is 15.9 Å². The van der Waals surface area contributed by atoms with Crippen LogP contribution in [0, 0.1) is 34.5 Å². The van der Waals surface area contributed by atoms with E-state index >= 15 is 0 Å². The Kier molecular flexibility index (Phi) is 4.50. The molecule has 0 aromatic carbocycles. The van der Waals surface area contributed by atoms with E-state index in [1.165, 1.54) is 32.1 Å². The van der Waals surface area contributed by atoms with Crippen molar-refractivity contribution in [1.29, 1.82) is 0 Å². The SMILES string of the molecule is C[C@H](CBr)[C@H]1CCC2C3=CC=C4CC5(CC[C@@]4(C)C3CC[C@@]21C)OCCO5. The Bertz CT molecular complexity index is 676. The molecular weight excluding hydrogens is 400 g/mol. The van der Waals surface area contributed by atoms with Crippen LogP contribution < -0.4 is 0 Å². The average Bonchev–Trinajstić information content (AvgIpc) is 3.26. The van der Waals surface area contributed by atoms with Crippen molar-refractivity contribution in [3.8, 4) is 0 Å². The quantitative estimate of drug-likeness (QED) is 0.477. The molecule has 2 nitrogen and oxygen atoms in total. The lowest BCUT2D eigenvalue weighted by atomic mass is 9.50. The molecule has 3 heteroatoms. The molecule has 1 heterocycles. The van der Waals surface area contributed by atoms with Crippen LogP contribution >= 0.6 is 15.9 Å². The normalized spacial score (nSPS) is 46.3. The molecule has 150 valence electrons. The summed E-state index contributed by atoms with van der Waals surface area (Å²) in [6, 6.07) is 0. The molecule has 27 heavy (non-hydrogen) atoms. The lowest BCUT2D eigenvalue weighted by Gasteiger charge is -2.56. The lowest BCUT2D eigenvalue weighted by molar-refractivity contribution is -0.179. The largest absolute Gasteiger partial charge is 0.347 e. The van der Waals surface area contributed by atoms with Crippen molar-refractivity contribution in [2.24, 2.45) is 34.5 Å². The second-order valence-corrected chi connectivity index (χ2v) is 11.2. The van der Waals surface area contributed by atoms with Gasteiger partial charge < -0.3 is 9.47 Å². The molecule has 0 amide bonds. The predicted octanol–water partition coefficient (Wildman–Crippen LogP) is 6.26. The maximum absolute atomic E-state index is 6.06. The maximum atomic E-state index is 6.06. The van der Waals surface area contributed by atoms with Crippen molar-refractivity contribution in [3.05, 3.63) is 23.3 Å². The highest BCUT2D eigenvalue weighted by atomic mass is 79.9. The first-order valence-electron chi connectivity index (χ1n) is 11.2. The molecule has 0 bridgehead atoms. The van der Waals surface area contributed by atoms with Crippen molar-refractivity contribution < 1.29 is 9.47 Å². The van der Waals surface area contributed by atoms with Gasteiger partial charge in [0.05, 0.1) is 13.2 Å². The zero-order chi connectivity index (χ0) is 18.9. The third-order valence-corrected chi connectivity index (χ3v) is 10.4. The van der Waals surface area contributed by atoms with Crippen LogP contribution in [0.1, 0.15) is 65.7 Å². The van der Waals surface area contributed by atoms with E-state index in [-0.39, 0.29) is 5.79 Å². The smallest absolute Gasteiger partial charge is 0.172 e. The number of hydrogen-bond acceptors (Lipinski definition) is 2. The van der Waals surface area contributed by atoms with Crippen LogP contribution in [0.4, 0.5) is 0 Å². The summed E-state index contributed by atoms with van der Waals surface area (Å²) >= 11 is 3.77. The summed E-state index contributed by atoms with van der Waals surface area (Å²) in [5.41, 5.74) is 4.22. The Morgan fingerprint density at radius 1 is 1.04 bits per heavy atom. The topological polar surface area (TPSA) is 18.5 Å². The molecule has 5 aliphatic rings. The van der Waals surface area contributed by atoms with Crippen molar-refractivity contribution in [3.63, 3.8) is 0 Å². The fourth-order valence-corrected chi connectivity index (χ4v) is 8.23. The first kappa shape index (κ1) is 18.9. The van der Waals surface area contributed by atoms with Gasteiger partial charge >= 0.3 is 0 Å². The fourth-order valence-electron chi connectivity index (χ4n) is 7.78. The Morgan fingerprint density at radius 3 is 2.56 bits per heavy atom. The van der Waals surface area contributed by atoms with E-state index < -0.39 is 0 Å². The number of fused-ring (bicyclic) bond motifs is 5. The van der Waals surface area contributed by atoms with Crippen molar-refractivity contribution in [2.45, 2.75) is 71.5 Å². The van der Waals surface area contributed by atoms with Crippen molar-refractivity contribution in [2.75, 3.05) is 18.5 Å².